The lowest BCUT2D eigenvalue weighted by atomic mass is 10.2. The maximum absolute atomic E-state index is 8.72. The largest absolute Gasteiger partial charge is 0.707 e. The summed E-state index contributed by atoms with van der Waals surface area (Å²) >= 11 is 0. The maximum atomic E-state index is 8.72. The molecule has 0 bridgehead atoms. The third-order valence-electron chi connectivity index (χ3n) is 3.74. The lowest BCUT2D eigenvalue weighted by Gasteiger charge is -2.28. The van der Waals surface area contributed by atoms with Crippen LogP contribution in [0.4, 0.5) is 0 Å². The van der Waals surface area contributed by atoms with Crippen LogP contribution in [0.2, 0.25) is 18.1 Å². The fraction of sp³-hybridized carbons (Fsp3) is 0.500. The topological polar surface area (TPSA) is 49.7 Å². The molecule has 3 nitrogen and oxygen atoms in total. The van der Waals surface area contributed by atoms with E-state index in [4.69, 9.17) is 14.7 Å². The lowest BCUT2D eigenvalue weighted by molar-refractivity contribution is 0.288. The molecule has 0 aliphatic carbocycles. The Kier molecular flexibility index (Phi) is 5.24. The van der Waals surface area contributed by atoms with Crippen LogP contribution in [0.25, 0.3) is 0 Å². The van der Waals surface area contributed by atoms with Gasteiger partial charge in [0, 0.05) is 0 Å². The van der Waals surface area contributed by atoms with Gasteiger partial charge in [-0.05, 0) is 12.1 Å². The van der Waals surface area contributed by atoms with E-state index in [-0.39, 0.29) is 0 Å². The number of hydrogen-bond donors (Lipinski definition) is 2. The zero-order valence-electron chi connectivity index (χ0n) is 10.8. The molecule has 17 heavy (non-hydrogen) atoms. The molecular weight excluding hydrogens is 231 g/mol. The second kappa shape index (κ2) is 6.23. The molecule has 0 radical (unpaired) electrons. The molecule has 94 valence electrons. The van der Waals surface area contributed by atoms with Gasteiger partial charge in [0.2, 0.25) is 0 Å². The summed E-state index contributed by atoms with van der Waals surface area (Å²) in [4.78, 5) is 0. The van der Waals surface area contributed by atoms with E-state index in [9.17, 15) is 0 Å². The van der Waals surface area contributed by atoms with E-state index in [1.54, 1.807) is 0 Å². The van der Waals surface area contributed by atoms with Gasteiger partial charge in [0.05, 0.1) is 8.07 Å². The molecule has 0 aromatic heterocycles. The lowest BCUT2D eigenvalue weighted by Crippen LogP contribution is -2.45. The summed E-state index contributed by atoms with van der Waals surface area (Å²) in [6.07, 6.45) is 0. The Morgan fingerprint density at radius 1 is 1.00 bits per heavy atom. The molecule has 0 saturated carbocycles. The minimum Gasteiger partial charge on any atom is -0.512 e. The van der Waals surface area contributed by atoms with Crippen LogP contribution in [0.5, 0.6) is 5.75 Å². The van der Waals surface area contributed by atoms with Crippen molar-refractivity contribution in [3.8, 4) is 5.75 Å². The van der Waals surface area contributed by atoms with E-state index >= 15 is 0 Å². The molecule has 0 saturated heterocycles. The van der Waals surface area contributed by atoms with Crippen molar-refractivity contribution >= 4 is 20.6 Å². The molecular formula is C12H21BO3Si. The highest BCUT2D eigenvalue weighted by Crippen LogP contribution is 2.21. The minimum atomic E-state index is -1.74. The number of hydrogen-bond acceptors (Lipinski definition) is 3. The van der Waals surface area contributed by atoms with Gasteiger partial charge in [-0.2, -0.15) is 0 Å². The highest BCUT2D eigenvalue weighted by atomic mass is 28.3. The van der Waals surface area contributed by atoms with Crippen molar-refractivity contribution in [3.05, 3.63) is 24.3 Å². The third kappa shape index (κ3) is 3.34. The van der Waals surface area contributed by atoms with Gasteiger partial charge in [-0.15, -0.1) is 0 Å². The number of benzene rings is 1. The Balaban J connectivity index is 2.92. The predicted molar refractivity (Wildman–Crippen MR) is 74.1 cm³/mol. The van der Waals surface area contributed by atoms with Gasteiger partial charge in [0.1, 0.15) is 5.75 Å². The van der Waals surface area contributed by atoms with Crippen molar-refractivity contribution < 1.29 is 14.7 Å². The first-order valence-corrected chi connectivity index (χ1v) is 8.83. The van der Waals surface area contributed by atoms with E-state index in [1.165, 1.54) is 23.3 Å². The molecule has 5 heteroatoms. The first-order chi connectivity index (χ1) is 8.07. The first kappa shape index (κ1) is 14.3. The third-order valence-corrected chi connectivity index (χ3v) is 9.36. The minimum absolute atomic E-state index is 0.495. The van der Waals surface area contributed by atoms with E-state index in [0.717, 1.165) is 0 Å². The summed E-state index contributed by atoms with van der Waals surface area (Å²) in [5.74, 6) is 0.495. The monoisotopic (exact) mass is 252 g/mol. The van der Waals surface area contributed by atoms with Crippen molar-refractivity contribution in [1.29, 1.82) is 0 Å². The zero-order chi connectivity index (χ0) is 12.9. The number of rotatable bonds is 6. The van der Waals surface area contributed by atoms with Gasteiger partial charge in [0.25, 0.3) is 0 Å². The van der Waals surface area contributed by atoms with Gasteiger partial charge < -0.3 is 14.7 Å². The van der Waals surface area contributed by atoms with Crippen LogP contribution in [-0.4, -0.2) is 25.4 Å². The van der Waals surface area contributed by atoms with E-state index in [1.807, 2.05) is 12.1 Å². The van der Waals surface area contributed by atoms with Crippen LogP contribution in [0.3, 0.4) is 0 Å². The van der Waals surface area contributed by atoms with Gasteiger partial charge in [-0.1, -0.05) is 56.2 Å². The average Bonchev–Trinajstić information content (AvgIpc) is 2.33. The summed E-state index contributed by atoms with van der Waals surface area (Å²) in [6, 6.07) is 11.5. The first-order valence-electron chi connectivity index (χ1n) is 6.21. The van der Waals surface area contributed by atoms with Crippen molar-refractivity contribution in [2.75, 3.05) is 0 Å². The summed E-state index contributed by atoms with van der Waals surface area (Å²) in [6.45, 7) is 6.79. The molecule has 1 aromatic rings. The van der Waals surface area contributed by atoms with Crippen LogP contribution >= 0.6 is 0 Å². The molecule has 0 atom stereocenters. The van der Waals surface area contributed by atoms with Crippen LogP contribution in [0, 0.1) is 0 Å². The molecule has 0 amide bonds. The SMILES string of the molecule is CC[Si](CC)(CC)c1ccc(OB(O)O)cc1. The van der Waals surface area contributed by atoms with Gasteiger partial charge in [-0.25, -0.2) is 0 Å². The Morgan fingerprint density at radius 3 is 1.82 bits per heavy atom. The van der Waals surface area contributed by atoms with Crippen LogP contribution in [-0.2, 0) is 0 Å². The van der Waals surface area contributed by atoms with Crippen molar-refractivity contribution in [2.24, 2.45) is 0 Å². The van der Waals surface area contributed by atoms with Crippen LogP contribution in [0.15, 0.2) is 24.3 Å². The van der Waals surface area contributed by atoms with Crippen molar-refractivity contribution in [3.63, 3.8) is 0 Å². The summed E-state index contributed by atoms with van der Waals surface area (Å²) < 4.78 is 4.81. The van der Waals surface area contributed by atoms with Gasteiger partial charge in [-0.3, -0.25) is 0 Å². The molecule has 2 N–H and O–H groups in total. The fourth-order valence-corrected chi connectivity index (χ4v) is 5.97. The highest BCUT2D eigenvalue weighted by Gasteiger charge is 2.28. The molecule has 0 aliphatic rings. The second-order valence-corrected chi connectivity index (χ2v) is 9.57. The molecule has 0 spiro atoms. The Morgan fingerprint density at radius 2 is 1.47 bits per heavy atom. The fourth-order valence-electron chi connectivity index (χ4n) is 2.37. The molecule has 1 rings (SSSR count). The van der Waals surface area contributed by atoms with Crippen LogP contribution in [0.1, 0.15) is 20.8 Å². The van der Waals surface area contributed by atoms with Gasteiger partial charge in [0.15, 0.2) is 0 Å². The van der Waals surface area contributed by atoms with E-state index in [2.05, 4.69) is 32.9 Å². The zero-order valence-corrected chi connectivity index (χ0v) is 11.8. The Hall–Kier alpha value is -0.778. The molecule has 0 aliphatic heterocycles. The Labute approximate surface area is 105 Å². The predicted octanol–water partition coefficient (Wildman–Crippen LogP) is 1.75. The average molecular weight is 252 g/mol. The Bertz CT molecular complexity index is 328. The maximum Gasteiger partial charge on any atom is 0.707 e. The smallest absolute Gasteiger partial charge is 0.512 e. The standard InChI is InChI=1S/C12H21BO3Si/c1-4-17(5-2,6-3)12-9-7-11(8-10-12)16-13(14)15/h7-10,14-15H,4-6H2,1-3H3. The molecule has 0 fully saturated rings. The normalized spacial score (nSPS) is 11.4. The van der Waals surface area contributed by atoms with Crippen molar-refractivity contribution in [2.45, 2.75) is 38.9 Å². The molecule has 0 heterocycles. The van der Waals surface area contributed by atoms with Crippen molar-refractivity contribution in [1.82, 2.24) is 0 Å². The molecule has 0 unspecified atom stereocenters. The van der Waals surface area contributed by atoms with Gasteiger partial charge >= 0.3 is 7.32 Å². The van der Waals surface area contributed by atoms with E-state index < -0.39 is 15.4 Å². The van der Waals surface area contributed by atoms with Crippen LogP contribution < -0.4 is 9.84 Å². The highest BCUT2D eigenvalue weighted by molar-refractivity contribution is 6.91. The summed E-state index contributed by atoms with van der Waals surface area (Å²) in [5, 5.41) is 18.9. The quantitative estimate of drug-likeness (QED) is 0.758. The summed E-state index contributed by atoms with van der Waals surface area (Å²) in [7, 11) is -3.08. The second-order valence-electron chi connectivity index (χ2n) is 4.31. The van der Waals surface area contributed by atoms with E-state index in [0.29, 0.717) is 5.75 Å². The summed E-state index contributed by atoms with van der Waals surface area (Å²) in [5.41, 5.74) is 0. The molecule has 1 aromatic carbocycles.